The normalized spacial score (nSPS) is 12.8. The Bertz CT molecular complexity index is 160. The summed E-state index contributed by atoms with van der Waals surface area (Å²) in [5.41, 5.74) is 0.448. The molecule has 0 aromatic heterocycles. The van der Waals surface area contributed by atoms with E-state index in [1.165, 1.54) is 6.54 Å². The maximum atomic E-state index is 8.60. The average Bonchev–Trinajstić information content (AvgIpc) is 1.78. The molecule has 0 unspecified atom stereocenters. The highest BCUT2D eigenvalue weighted by Gasteiger charge is 2.22. The van der Waals surface area contributed by atoms with Crippen molar-refractivity contribution >= 4 is 0 Å². The third-order valence-electron chi connectivity index (χ3n) is 2.29. The smallest absolute Gasteiger partial charge is 0.0777 e. The second kappa shape index (κ2) is 6.62. The van der Waals surface area contributed by atoms with Crippen molar-refractivity contribution in [1.82, 2.24) is 4.90 Å². The first-order valence-electron chi connectivity index (χ1n) is 4.64. The molecule has 0 spiro atoms. The number of hydrogen-bond acceptors (Lipinski definition) is 5. The quantitative estimate of drug-likeness (QED) is 0.626. The highest BCUT2D eigenvalue weighted by atomic mass is 35.7. The first kappa shape index (κ1) is 17.5. The first-order valence-corrected chi connectivity index (χ1v) is 5.90. The minimum Gasteiger partial charge on any atom is -0.309 e. The Morgan fingerprint density at radius 2 is 1.47 bits per heavy atom. The fourth-order valence-electron chi connectivity index (χ4n) is 0.998. The van der Waals surface area contributed by atoms with Crippen LogP contribution in [0.25, 0.3) is 0 Å². The van der Waals surface area contributed by atoms with E-state index in [1.54, 1.807) is 0 Å². The molecule has 1 N–H and O–H groups in total. The van der Waals surface area contributed by atoms with Crippen LogP contribution in [0.1, 0.15) is 27.7 Å². The SMILES string of the molecule is CC(C)C(C)(C)CN(C)C.[O-][Cl+3]([O-])([O-])O. The van der Waals surface area contributed by atoms with Crippen LogP contribution in [0.5, 0.6) is 0 Å². The van der Waals surface area contributed by atoms with Gasteiger partial charge in [0.2, 0.25) is 0 Å². The van der Waals surface area contributed by atoms with Gasteiger partial charge >= 0.3 is 0 Å². The molecule has 0 rings (SSSR count). The van der Waals surface area contributed by atoms with E-state index in [4.69, 9.17) is 18.6 Å². The Labute approximate surface area is 94.1 Å². The summed E-state index contributed by atoms with van der Waals surface area (Å²) in [5.74, 6) is 0.759. The summed E-state index contributed by atoms with van der Waals surface area (Å²) in [6.45, 7) is 10.4. The van der Waals surface area contributed by atoms with Crippen molar-refractivity contribution in [2.24, 2.45) is 11.3 Å². The van der Waals surface area contributed by atoms with Gasteiger partial charge in [-0.25, -0.2) is 0 Å². The van der Waals surface area contributed by atoms with Crippen LogP contribution in [-0.4, -0.2) is 30.2 Å². The van der Waals surface area contributed by atoms with E-state index in [-0.39, 0.29) is 0 Å². The largest absolute Gasteiger partial charge is 0.309 e. The Hall–Kier alpha value is 0.0900. The lowest BCUT2D eigenvalue weighted by Crippen LogP contribution is -2.58. The van der Waals surface area contributed by atoms with Gasteiger partial charge in [0, 0.05) is 6.54 Å². The summed E-state index contributed by atoms with van der Waals surface area (Å²) in [5, 5.41) is 0. The standard InChI is InChI=1S/C9H21N.ClHO4/c1-8(2)9(3,4)7-10(5)6;2-1(3,4)5/h8H,7H2,1-6H3;(H,2,3,4,5). The summed E-state index contributed by atoms with van der Waals surface area (Å²) in [6.07, 6.45) is 0. The predicted molar refractivity (Wildman–Crippen MR) is 49.4 cm³/mol. The molecule has 0 bridgehead atoms. The van der Waals surface area contributed by atoms with Crippen LogP contribution < -0.4 is 14.0 Å². The van der Waals surface area contributed by atoms with Crippen LogP contribution in [0.3, 0.4) is 0 Å². The predicted octanol–water partition coefficient (Wildman–Crippen LogP) is -1.89. The summed E-state index contributed by atoms with van der Waals surface area (Å²) in [4.78, 5) is 2.25. The van der Waals surface area contributed by atoms with Gasteiger partial charge in [-0.05, 0) is 25.4 Å². The van der Waals surface area contributed by atoms with Gasteiger partial charge in [-0.1, -0.05) is 27.7 Å². The molecule has 0 aromatic rings. The van der Waals surface area contributed by atoms with Gasteiger partial charge in [-0.3, -0.25) is 0 Å². The summed E-state index contributed by atoms with van der Waals surface area (Å²) in [7, 11) is -0.436. The van der Waals surface area contributed by atoms with E-state index in [2.05, 4.69) is 46.7 Å². The van der Waals surface area contributed by atoms with Crippen LogP contribution >= 0.6 is 0 Å². The highest BCUT2D eigenvalue weighted by molar-refractivity contribution is 4.74. The molecule has 0 saturated carbocycles. The Morgan fingerprint density at radius 3 is 1.53 bits per heavy atom. The molecule has 0 amide bonds. The van der Waals surface area contributed by atoms with Gasteiger partial charge in [-0.2, -0.15) is 14.0 Å². The molecule has 0 atom stereocenters. The lowest BCUT2D eigenvalue weighted by Gasteiger charge is -2.32. The van der Waals surface area contributed by atoms with Gasteiger partial charge in [-0.15, -0.1) is 0 Å². The Morgan fingerprint density at radius 1 is 1.20 bits per heavy atom. The molecule has 0 fully saturated rings. The van der Waals surface area contributed by atoms with Crippen molar-refractivity contribution in [2.75, 3.05) is 20.6 Å². The minimum atomic E-state index is -4.69. The van der Waals surface area contributed by atoms with E-state index >= 15 is 0 Å². The maximum Gasteiger partial charge on any atom is 0.0777 e. The number of halogens is 1. The van der Waals surface area contributed by atoms with Crippen molar-refractivity contribution in [3.8, 4) is 0 Å². The maximum absolute atomic E-state index is 8.60. The zero-order valence-electron chi connectivity index (χ0n) is 10.3. The molecule has 0 aliphatic carbocycles. The highest BCUT2D eigenvalue weighted by Crippen LogP contribution is 2.25. The van der Waals surface area contributed by atoms with E-state index in [9.17, 15) is 0 Å². The Kier molecular flexibility index (Phi) is 7.72. The van der Waals surface area contributed by atoms with E-state index in [0.717, 1.165) is 5.92 Å². The fraction of sp³-hybridized carbons (Fsp3) is 1.00. The molecule has 6 heteroatoms. The third-order valence-corrected chi connectivity index (χ3v) is 2.29. The summed E-state index contributed by atoms with van der Waals surface area (Å²) in [6, 6.07) is 0. The van der Waals surface area contributed by atoms with Gasteiger partial charge in [0.25, 0.3) is 0 Å². The van der Waals surface area contributed by atoms with Gasteiger partial charge in [0.1, 0.15) is 0 Å². The van der Waals surface area contributed by atoms with Crippen LogP contribution in [0.2, 0.25) is 0 Å². The van der Waals surface area contributed by atoms with Crippen LogP contribution in [-0.2, 0) is 0 Å². The number of hydrogen-bond donors (Lipinski definition) is 1. The molecule has 15 heavy (non-hydrogen) atoms. The molecule has 0 heterocycles. The zero-order chi connectivity index (χ0) is 12.9. The molecule has 0 aliphatic rings. The molecule has 94 valence electrons. The minimum absolute atomic E-state index is 0.448. The first-order chi connectivity index (χ1) is 6.36. The van der Waals surface area contributed by atoms with Gasteiger partial charge in [0.15, 0.2) is 0 Å². The van der Waals surface area contributed by atoms with Crippen molar-refractivity contribution < 1.29 is 28.9 Å². The average molecular weight is 244 g/mol. The van der Waals surface area contributed by atoms with E-state index in [1.807, 2.05) is 0 Å². The lowest BCUT2D eigenvalue weighted by molar-refractivity contribution is -1.92. The molecular weight excluding hydrogens is 222 g/mol. The lowest BCUT2D eigenvalue weighted by atomic mass is 9.81. The molecule has 0 aliphatic heterocycles. The number of rotatable bonds is 3. The Balaban J connectivity index is 0. The molecule has 0 saturated heterocycles. The van der Waals surface area contributed by atoms with E-state index in [0.29, 0.717) is 5.41 Å². The van der Waals surface area contributed by atoms with E-state index < -0.39 is 10.2 Å². The molecule has 0 aromatic carbocycles. The second-order valence-corrected chi connectivity index (χ2v) is 5.57. The van der Waals surface area contributed by atoms with Crippen LogP contribution in [0.15, 0.2) is 0 Å². The van der Waals surface area contributed by atoms with Crippen LogP contribution in [0.4, 0.5) is 0 Å². The van der Waals surface area contributed by atoms with Crippen molar-refractivity contribution in [2.45, 2.75) is 27.7 Å². The van der Waals surface area contributed by atoms with Crippen molar-refractivity contribution in [3.05, 3.63) is 0 Å². The van der Waals surface area contributed by atoms with Crippen LogP contribution in [0, 0.1) is 21.6 Å². The van der Waals surface area contributed by atoms with Gasteiger partial charge < -0.3 is 4.90 Å². The topological polar surface area (TPSA) is 92.7 Å². The van der Waals surface area contributed by atoms with Crippen molar-refractivity contribution in [1.29, 1.82) is 0 Å². The summed E-state index contributed by atoms with van der Waals surface area (Å²) < 4.78 is 32.7. The second-order valence-electron chi connectivity index (χ2n) is 4.78. The molecular formula is C9H22ClNO4. The monoisotopic (exact) mass is 243 g/mol. The third kappa shape index (κ3) is 16.7. The molecule has 0 radical (unpaired) electrons. The van der Waals surface area contributed by atoms with Gasteiger partial charge in [0.05, 0.1) is 14.9 Å². The fourth-order valence-corrected chi connectivity index (χ4v) is 0.998. The zero-order valence-corrected chi connectivity index (χ0v) is 11.0. The molecule has 5 nitrogen and oxygen atoms in total. The summed E-state index contributed by atoms with van der Waals surface area (Å²) >= 11 is 0. The van der Waals surface area contributed by atoms with Crippen molar-refractivity contribution in [3.63, 3.8) is 0 Å². The number of nitrogens with zero attached hydrogens (tertiary/aromatic N) is 1.